The van der Waals surface area contributed by atoms with Crippen molar-refractivity contribution in [3.8, 4) is 0 Å². The van der Waals surface area contributed by atoms with Gasteiger partial charge in [0.05, 0.1) is 5.69 Å². The van der Waals surface area contributed by atoms with Crippen LogP contribution >= 0.6 is 0 Å². The van der Waals surface area contributed by atoms with Crippen LogP contribution in [-0.4, -0.2) is 42.0 Å². The molecule has 4 heteroatoms. The molecule has 0 saturated carbocycles. The number of pyridine rings is 1. The number of anilines is 1. The maximum Gasteiger partial charge on any atom is 0.253 e. The Hall–Kier alpha value is -2.88. The van der Waals surface area contributed by atoms with Gasteiger partial charge in [0.15, 0.2) is 0 Å². The first-order valence-electron chi connectivity index (χ1n) is 8.07. The SMILES string of the molecule is C=Cc1nccc(N2CCN(C(=O)c3ccccc3)CC2)c1C=C. The van der Waals surface area contributed by atoms with Crippen LogP contribution in [0.2, 0.25) is 0 Å². The summed E-state index contributed by atoms with van der Waals surface area (Å²) in [5, 5.41) is 0. The van der Waals surface area contributed by atoms with Crippen molar-refractivity contribution in [1.29, 1.82) is 0 Å². The van der Waals surface area contributed by atoms with Crippen molar-refractivity contribution < 1.29 is 4.79 Å². The van der Waals surface area contributed by atoms with Crippen LogP contribution in [0, 0.1) is 0 Å². The predicted octanol–water partition coefficient (Wildman–Crippen LogP) is 3.33. The van der Waals surface area contributed by atoms with Gasteiger partial charge in [-0.25, -0.2) is 0 Å². The molecule has 0 unspecified atom stereocenters. The Morgan fingerprint density at radius 2 is 1.71 bits per heavy atom. The van der Waals surface area contributed by atoms with Crippen LogP contribution in [0.1, 0.15) is 21.6 Å². The Morgan fingerprint density at radius 1 is 1.00 bits per heavy atom. The minimum Gasteiger partial charge on any atom is -0.367 e. The smallest absolute Gasteiger partial charge is 0.253 e. The molecule has 0 aliphatic carbocycles. The summed E-state index contributed by atoms with van der Waals surface area (Å²) >= 11 is 0. The van der Waals surface area contributed by atoms with Gasteiger partial charge in [-0.15, -0.1) is 0 Å². The first-order valence-corrected chi connectivity index (χ1v) is 8.07. The largest absolute Gasteiger partial charge is 0.367 e. The Bertz CT molecular complexity index is 747. The fourth-order valence-corrected chi connectivity index (χ4v) is 3.04. The number of benzene rings is 1. The lowest BCUT2D eigenvalue weighted by molar-refractivity contribution is 0.0747. The lowest BCUT2D eigenvalue weighted by Gasteiger charge is -2.37. The molecule has 0 radical (unpaired) electrons. The molecular formula is C20H21N3O. The Morgan fingerprint density at radius 3 is 2.33 bits per heavy atom. The van der Waals surface area contributed by atoms with Gasteiger partial charge < -0.3 is 9.80 Å². The van der Waals surface area contributed by atoms with Gasteiger partial charge in [-0.05, 0) is 24.3 Å². The molecule has 2 heterocycles. The van der Waals surface area contributed by atoms with E-state index in [2.05, 4.69) is 23.0 Å². The van der Waals surface area contributed by atoms with Crippen LogP contribution < -0.4 is 4.90 Å². The van der Waals surface area contributed by atoms with Crippen molar-refractivity contribution in [2.45, 2.75) is 0 Å². The predicted molar refractivity (Wildman–Crippen MR) is 99.0 cm³/mol. The molecule has 1 aliphatic heterocycles. The van der Waals surface area contributed by atoms with E-state index >= 15 is 0 Å². The number of hydrogen-bond acceptors (Lipinski definition) is 3. The van der Waals surface area contributed by atoms with Crippen molar-refractivity contribution in [1.82, 2.24) is 9.88 Å². The number of rotatable bonds is 4. The first kappa shape index (κ1) is 16.0. The average molecular weight is 319 g/mol. The lowest BCUT2D eigenvalue weighted by Crippen LogP contribution is -2.49. The van der Waals surface area contributed by atoms with Crippen molar-refractivity contribution in [2.75, 3.05) is 31.1 Å². The number of carbonyl (C=O) groups excluding carboxylic acids is 1. The summed E-state index contributed by atoms with van der Waals surface area (Å²) in [5.74, 6) is 0.0979. The zero-order valence-electron chi connectivity index (χ0n) is 13.7. The molecule has 2 aromatic rings. The molecule has 1 fully saturated rings. The van der Waals surface area contributed by atoms with Gasteiger partial charge in [-0.3, -0.25) is 9.78 Å². The standard InChI is InChI=1S/C20H21N3O/c1-3-17-18(4-2)21-11-10-19(17)22-12-14-23(15-13-22)20(24)16-8-6-5-7-9-16/h3-11H,1-2,12-15H2. The molecule has 122 valence electrons. The highest BCUT2D eigenvalue weighted by molar-refractivity contribution is 5.94. The van der Waals surface area contributed by atoms with E-state index in [9.17, 15) is 4.79 Å². The van der Waals surface area contributed by atoms with Gasteiger partial charge in [-0.1, -0.05) is 37.4 Å². The van der Waals surface area contributed by atoms with E-state index in [1.807, 2.05) is 47.4 Å². The van der Waals surface area contributed by atoms with Crippen LogP contribution in [0.25, 0.3) is 12.2 Å². The molecule has 0 atom stereocenters. The van der Waals surface area contributed by atoms with Crippen LogP contribution in [0.15, 0.2) is 55.8 Å². The topological polar surface area (TPSA) is 36.4 Å². The number of aromatic nitrogens is 1. The van der Waals surface area contributed by atoms with Crippen LogP contribution in [0.4, 0.5) is 5.69 Å². The lowest BCUT2D eigenvalue weighted by atomic mass is 10.1. The van der Waals surface area contributed by atoms with Crippen LogP contribution in [0.5, 0.6) is 0 Å². The summed E-state index contributed by atoms with van der Waals surface area (Å²) in [6, 6.07) is 11.4. The molecule has 1 amide bonds. The summed E-state index contributed by atoms with van der Waals surface area (Å²) in [6.07, 6.45) is 5.36. The molecule has 4 nitrogen and oxygen atoms in total. The quantitative estimate of drug-likeness (QED) is 0.867. The van der Waals surface area contributed by atoms with E-state index in [-0.39, 0.29) is 5.91 Å². The monoisotopic (exact) mass is 319 g/mol. The normalized spacial score (nSPS) is 14.3. The maximum atomic E-state index is 12.5. The molecule has 1 aromatic heterocycles. The second kappa shape index (κ2) is 7.13. The molecule has 0 spiro atoms. The molecule has 3 rings (SSSR count). The second-order valence-corrected chi connectivity index (χ2v) is 5.68. The zero-order chi connectivity index (χ0) is 16.9. The molecule has 1 aliphatic rings. The van der Waals surface area contributed by atoms with Gasteiger partial charge >= 0.3 is 0 Å². The van der Waals surface area contributed by atoms with Crippen molar-refractivity contribution in [3.63, 3.8) is 0 Å². The number of hydrogen-bond donors (Lipinski definition) is 0. The van der Waals surface area contributed by atoms with Gasteiger partial charge in [-0.2, -0.15) is 0 Å². The summed E-state index contributed by atoms with van der Waals surface area (Å²) in [6.45, 7) is 10.7. The second-order valence-electron chi connectivity index (χ2n) is 5.68. The summed E-state index contributed by atoms with van der Waals surface area (Å²) < 4.78 is 0. The fraction of sp³-hybridized carbons (Fsp3) is 0.200. The van der Waals surface area contributed by atoms with Gasteiger partial charge in [0.2, 0.25) is 0 Å². The third kappa shape index (κ3) is 3.08. The highest BCUT2D eigenvalue weighted by Gasteiger charge is 2.23. The first-order chi connectivity index (χ1) is 11.7. The molecule has 24 heavy (non-hydrogen) atoms. The maximum absolute atomic E-state index is 12.5. The highest BCUT2D eigenvalue weighted by atomic mass is 16.2. The molecular weight excluding hydrogens is 298 g/mol. The minimum absolute atomic E-state index is 0.0979. The molecule has 1 saturated heterocycles. The van der Waals surface area contributed by atoms with E-state index in [4.69, 9.17) is 0 Å². The highest BCUT2D eigenvalue weighted by Crippen LogP contribution is 2.25. The Kier molecular flexibility index (Phi) is 4.75. The fourth-order valence-electron chi connectivity index (χ4n) is 3.04. The summed E-state index contributed by atoms with van der Waals surface area (Å²) in [5.41, 5.74) is 3.68. The Labute approximate surface area is 142 Å². The van der Waals surface area contributed by atoms with Crippen molar-refractivity contribution in [2.24, 2.45) is 0 Å². The van der Waals surface area contributed by atoms with E-state index in [0.717, 1.165) is 35.6 Å². The van der Waals surface area contributed by atoms with Crippen molar-refractivity contribution in [3.05, 3.63) is 72.6 Å². The average Bonchev–Trinajstić information content (AvgIpc) is 2.67. The number of carbonyl (C=O) groups is 1. The van der Waals surface area contributed by atoms with E-state index in [0.29, 0.717) is 13.1 Å². The third-order valence-corrected chi connectivity index (χ3v) is 4.32. The van der Waals surface area contributed by atoms with Gasteiger partial charge in [0.25, 0.3) is 5.91 Å². The minimum atomic E-state index is 0.0979. The summed E-state index contributed by atoms with van der Waals surface area (Å²) in [7, 11) is 0. The molecule has 0 bridgehead atoms. The number of piperazine rings is 1. The number of nitrogens with zero attached hydrogens (tertiary/aromatic N) is 3. The molecule has 0 N–H and O–H groups in total. The van der Waals surface area contributed by atoms with Crippen molar-refractivity contribution >= 4 is 23.7 Å². The Balaban J connectivity index is 1.73. The van der Waals surface area contributed by atoms with Crippen LogP contribution in [-0.2, 0) is 0 Å². The number of amides is 1. The van der Waals surface area contributed by atoms with E-state index < -0.39 is 0 Å². The van der Waals surface area contributed by atoms with Gasteiger partial charge in [0.1, 0.15) is 0 Å². The molecule has 1 aromatic carbocycles. The van der Waals surface area contributed by atoms with Gasteiger partial charge in [0, 0.05) is 49.2 Å². The van der Waals surface area contributed by atoms with Crippen LogP contribution in [0.3, 0.4) is 0 Å². The van der Waals surface area contributed by atoms with E-state index in [1.165, 1.54) is 0 Å². The summed E-state index contributed by atoms with van der Waals surface area (Å²) in [4.78, 5) is 21.1. The third-order valence-electron chi connectivity index (χ3n) is 4.32. The van der Waals surface area contributed by atoms with E-state index in [1.54, 1.807) is 12.3 Å². The zero-order valence-corrected chi connectivity index (χ0v) is 13.7.